The van der Waals surface area contributed by atoms with Crippen LogP contribution in [0.1, 0.15) is 79.9 Å². The molecule has 2 saturated carbocycles. The van der Waals surface area contributed by atoms with Crippen LogP contribution in [-0.2, 0) is 11.2 Å². The fourth-order valence-electron chi connectivity index (χ4n) is 6.99. The zero-order valence-electron chi connectivity index (χ0n) is 25.2. The Kier molecular flexibility index (Phi) is 9.84. The fraction of sp³-hybridized carbons (Fsp3) is 0.342. The first-order valence-electron chi connectivity index (χ1n) is 16.0. The number of benzene rings is 3. The molecule has 3 N–H and O–H groups in total. The summed E-state index contributed by atoms with van der Waals surface area (Å²) in [5.74, 6) is 1.31. The van der Waals surface area contributed by atoms with Crippen molar-refractivity contribution in [2.45, 2.75) is 81.7 Å². The molecule has 2 heterocycles. The minimum atomic E-state index is 0.0927. The van der Waals surface area contributed by atoms with Gasteiger partial charge in [-0.1, -0.05) is 60.1 Å². The summed E-state index contributed by atoms with van der Waals surface area (Å²) in [5, 5.41) is 6.48. The van der Waals surface area contributed by atoms with Crippen LogP contribution in [0.2, 0.25) is 5.02 Å². The standard InChI is InChI=1S/C23H23ClN2O.C15H18N2/c24-18-9-5-16(6-10-18)15-23(27)26-19-11-7-17(8-12-19)20-13-14-25-22-4-2-1-3-21(20)22;16-12-7-5-11(6-8-12)13-9-10-17-15-4-2-1-3-14(13)15/h1-6,9-10,13-14,17,19H,7-8,11-12,15H2,(H,26,27);1-4,9-12H,5-8,16H2. The summed E-state index contributed by atoms with van der Waals surface area (Å²) in [4.78, 5) is 21.2. The number of hydrogen-bond acceptors (Lipinski definition) is 4. The molecule has 7 rings (SSSR count). The molecule has 2 aliphatic rings. The van der Waals surface area contributed by atoms with Crippen LogP contribution in [0.5, 0.6) is 0 Å². The zero-order valence-corrected chi connectivity index (χ0v) is 25.9. The van der Waals surface area contributed by atoms with E-state index in [4.69, 9.17) is 17.3 Å². The van der Waals surface area contributed by atoms with Gasteiger partial charge >= 0.3 is 0 Å². The molecule has 0 spiro atoms. The molecule has 3 aromatic carbocycles. The quantitative estimate of drug-likeness (QED) is 0.211. The third-order valence-corrected chi connectivity index (χ3v) is 9.64. The predicted molar refractivity (Wildman–Crippen MR) is 181 cm³/mol. The summed E-state index contributed by atoms with van der Waals surface area (Å²) < 4.78 is 0. The summed E-state index contributed by atoms with van der Waals surface area (Å²) in [7, 11) is 0. The van der Waals surface area contributed by atoms with E-state index in [9.17, 15) is 4.79 Å². The normalized spacial score (nSPS) is 21.8. The maximum Gasteiger partial charge on any atom is 0.224 e. The van der Waals surface area contributed by atoms with Gasteiger partial charge in [0, 0.05) is 40.3 Å². The van der Waals surface area contributed by atoms with Gasteiger partial charge in [0.2, 0.25) is 5.91 Å². The first-order valence-corrected chi connectivity index (χ1v) is 16.4. The number of carbonyl (C=O) groups is 1. The molecule has 5 nitrogen and oxygen atoms in total. The first-order chi connectivity index (χ1) is 21.5. The van der Waals surface area contributed by atoms with Gasteiger partial charge in [-0.15, -0.1) is 0 Å². The summed E-state index contributed by atoms with van der Waals surface area (Å²) in [6.45, 7) is 0. The number of amides is 1. The summed E-state index contributed by atoms with van der Waals surface area (Å²) in [6.07, 6.45) is 13.2. The molecule has 6 heteroatoms. The van der Waals surface area contributed by atoms with Gasteiger partial charge in [-0.2, -0.15) is 0 Å². The van der Waals surface area contributed by atoms with E-state index in [0.29, 0.717) is 29.3 Å². The van der Waals surface area contributed by atoms with Crippen LogP contribution in [-0.4, -0.2) is 28.0 Å². The number of para-hydroxylation sites is 2. The lowest BCUT2D eigenvalue weighted by Crippen LogP contribution is -2.38. The highest BCUT2D eigenvalue weighted by atomic mass is 35.5. The van der Waals surface area contributed by atoms with Crippen LogP contribution in [0.25, 0.3) is 21.8 Å². The zero-order chi connectivity index (χ0) is 30.3. The Morgan fingerprint density at radius 3 is 1.73 bits per heavy atom. The summed E-state index contributed by atoms with van der Waals surface area (Å²) in [5.41, 5.74) is 12.0. The summed E-state index contributed by atoms with van der Waals surface area (Å²) in [6, 6.07) is 29.3. The molecule has 44 heavy (non-hydrogen) atoms. The smallest absolute Gasteiger partial charge is 0.224 e. The molecular weight excluding hydrogens is 564 g/mol. The van der Waals surface area contributed by atoms with Gasteiger partial charge < -0.3 is 11.1 Å². The monoisotopic (exact) mass is 604 g/mol. The minimum Gasteiger partial charge on any atom is -0.353 e. The number of halogens is 1. The van der Waals surface area contributed by atoms with Crippen LogP contribution in [0.4, 0.5) is 0 Å². The van der Waals surface area contributed by atoms with E-state index in [1.54, 1.807) is 0 Å². The summed E-state index contributed by atoms with van der Waals surface area (Å²) >= 11 is 5.90. The number of nitrogens with zero attached hydrogens (tertiary/aromatic N) is 2. The van der Waals surface area contributed by atoms with Gasteiger partial charge in [-0.05, 0) is 116 Å². The molecule has 2 aliphatic carbocycles. The number of nitrogens with one attached hydrogen (secondary N) is 1. The van der Waals surface area contributed by atoms with E-state index in [0.717, 1.165) is 55.1 Å². The molecule has 0 radical (unpaired) electrons. The Morgan fingerprint density at radius 2 is 1.18 bits per heavy atom. The van der Waals surface area contributed by atoms with Crippen LogP contribution in [0.3, 0.4) is 0 Å². The molecule has 226 valence electrons. The Balaban J connectivity index is 0.000000173. The van der Waals surface area contributed by atoms with Crippen molar-refractivity contribution in [1.29, 1.82) is 0 Å². The van der Waals surface area contributed by atoms with E-state index in [-0.39, 0.29) is 11.9 Å². The Hall–Kier alpha value is -3.80. The predicted octanol–water partition coefficient (Wildman–Crippen LogP) is 8.49. The molecule has 5 aromatic rings. The van der Waals surface area contributed by atoms with Crippen LogP contribution in [0, 0.1) is 0 Å². The number of hydrogen-bond donors (Lipinski definition) is 2. The van der Waals surface area contributed by atoms with E-state index in [2.05, 4.69) is 69.9 Å². The van der Waals surface area contributed by atoms with Gasteiger partial charge in [0.1, 0.15) is 0 Å². The minimum absolute atomic E-state index is 0.0927. The van der Waals surface area contributed by atoms with E-state index >= 15 is 0 Å². The maximum absolute atomic E-state index is 12.3. The van der Waals surface area contributed by atoms with Crippen LogP contribution in [0.15, 0.2) is 97.3 Å². The van der Waals surface area contributed by atoms with Crippen LogP contribution >= 0.6 is 11.6 Å². The highest BCUT2D eigenvalue weighted by Gasteiger charge is 2.25. The number of fused-ring (bicyclic) bond motifs is 2. The highest BCUT2D eigenvalue weighted by molar-refractivity contribution is 6.30. The highest BCUT2D eigenvalue weighted by Crippen LogP contribution is 2.37. The third kappa shape index (κ3) is 7.46. The van der Waals surface area contributed by atoms with Gasteiger partial charge in [0.25, 0.3) is 0 Å². The lowest BCUT2D eigenvalue weighted by molar-refractivity contribution is -0.121. The van der Waals surface area contributed by atoms with E-state index in [1.165, 1.54) is 34.7 Å². The average molecular weight is 605 g/mol. The number of rotatable bonds is 5. The van der Waals surface area contributed by atoms with Crippen molar-refractivity contribution in [3.05, 3.63) is 119 Å². The van der Waals surface area contributed by atoms with E-state index < -0.39 is 0 Å². The Bertz CT molecular complexity index is 1680. The van der Waals surface area contributed by atoms with Gasteiger partial charge in [0.15, 0.2) is 0 Å². The molecule has 1 amide bonds. The fourth-order valence-corrected chi connectivity index (χ4v) is 7.12. The first kappa shape index (κ1) is 30.2. The van der Waals surface area contributed by atoms with Crippen molar-refractivity contribution in [3.8, 4) is 0 Å². The van der Waals surface area contributed by atoms with Crippen molar-refractivity contribution in [2.24, 2.45) is 5.73 Å². The topological polar surface area (TPSA) is 80.9 Å². The number of pyridine rings is 2. The second-order valence-corrected chi connectivity index (χ2v) is 12.8. The molecule has 0 unspecified atom stereocenters. The molecule has 2 aromatic heterocycles. The number of aromatic nitrogens is 2. The lowest BCUT2D eigenvalue weighted by Gasteiger charge is -2.30. The lowest BCUT2D eigenvalue weighted by atomic mass is 9.80. The SMILES string of the molecule is NC1CCC(c2ccnc3ccccc23)CC1.O=C(Cc1ccc(Cl)cc1)NC1CCC(c2ccnc3ccccc23)CC1. The molecule has 0 aliphatic heterocycles. The maximum atomic E-state index is 12.3. The molecular formula is C38H41ClN4O. The average Bonchev–Trinajstić information content (AvgIpc) is 3.06. The molecule has 0 bridgehead atoms. The van der Waals surface area contributed by atoms with Crippen molar-refractivity contribution >= 4 is 39.3 Å². The Morgan fingerprint density at radius 1 is 0.682 bits per heavy atom. The van der Waals surface area contributed by atoms with Gasteiger partial charge in [0.05, 0.1) is 17.5 Å². The molecule has 2 fully saturated rings. The van der Waals surface area contributed by atoms with E-state index in [1.807, 2.05) is 42.7 Å². The van der Waals surface area contributed by atoms with Gasteiger partial charge in [-0.25, -0.2) is 0 Å². The van der Waals surface area contributed by atoms with Crippen molar-refractivity contribution in [1.82, 2.24) is 15.3 Å². The Labute approximate surface area is 265 Å². The second-order valence-electron chi connectivity index (χ2n) is 12.4. The largest absolute Gasteiger partial charge is 0.353 e. The molecule has 0 saturated heterocycles. The van der Waals surface area contributed by atoms with Crippen molar-refractivity contribution in [2.75, 3.05) is 0 Å². The molecule has 0 atom stereocenters. The van der Waals surface area contributed by atoms with Gasteiger partial charge in [-0.3, -0.25) is 14.8 Å². The number of carbonyl (C=O) groups excluding carboxylic acids is 1. The van der Waals surface area contributed by atoms with Crippen LogP contribution < -0.4 is 11.1 Å². The number of nitrogens with two attached hydrogens (primary N) is 1. The second kappa shape index (κ2) is 14.3. The van der Waals surface area contributed by atoms with Crippen molar-refractivity contribution < 1.29 is 4.79 Å². The third-order valence-electron chi connectivity index (χ3n) is 9.39. The van der Waals surface area contributed by atoms with Crippen molar-refractivity contribution in [3.63, 3.8) is 0 Å².